The number of aromatic carboxylic acids is 1. The molecule has 1 amide bonds. The fraction of sp³-hybridized carbons (Fsp3) is 0.300. The number of hydrogen-bond donors (Lipinski definition) is 2. The number of amides is 1. The lowest BCUT2D eigenvalue weighted by atomic mass is 10.1. The lowest BCUT2D eigenvalue weighted by molar-refractivity contribution is -0.115. The first-order valence-corrected chi connectivity index (χ1v) is 8.39. The fourth-order valence-corrected chi connectivity index (χ4v) is 2.52. The molecule has 130 valence electrons. The number of benzene rings is 2. The van der Waals surface area contributed by atoms with Crippen LogP contribution in [0.1, 0.15) is 34.3 Å². The van der Waals surface area contributed by atoms with E-state index in [2.05, 4.69) is 5.32 Å². The van der Waals surface area contributed by atoms with Crippen molar-refractivity contribution in [3.05, 3.63) is 65.2 Å². The Morgan fingerprint density at radius 2 is 1.84 bits per heavy atom. The van der Waals surface area contributed by atoms with Gasteiger partial charge in [-0.1, -0.05) is 24.3 Å². The third-order valence-corrected chi connectivity index (χ3v) is 4.10. The first kappa shape index (κ1) is 17.2. The van der Waals surface area contributed by atoms with Crippen molar-refractivity contribution in [2.24, 2.45) is 5.92 Å². The van der Waals surface area contributed by atoms with E-state index in [1.54, 1.807) is 12.1 Å². The predicted molar refractivity (Wildman–Crippen MR) is 94.6 cm³/mol. The Balaban J connectivity index is 1.52. The van der Waals surface area contributed by atoms with Gasteiger partial charge in [0.15, 0.2) is 0 Å². The number of anilines is 1. The summed E-state index contributed by atoms with van der Waals surface area (Å²) >= 11 is 0. The van der Waals surface area contributed by atoms with E-state index < -0.39 is 5.97 Å². The number of carboxylic acid groups (broad SMARTS) is 1. The summed E-state index contributed by atoms with van der Waals surface area (Å²) in [7, 11) is 0. The topological polar surface area (TPSA) is 75.6 Å². The van der Waals surface area contributed by atoms with Crippen molar-refractivity contribution < 1.29 is 19.4 Å². The van der Waals surface area contributed by atoms with Crippen LogP contribution in [0.2, 0.25) is 0 Å². The van der Waals surface area contributed by atoms with Crippen molar-refractivity contribution in [2.45, 2.75) is 25.9 Å². The molecule has 0 saturated heterocycles. The molecule has 1 aliphatic rings. The van der Waals surface area contributed by atoms with Gasteiger partial charge in [-0.3, -0.25) is 4.79 Å². The molecular weight excluding hydrogens is 318 g/mol. The van der Waals surface area contributed by atoms with Gasteiger partial charge < -0.3 is 15.2 Å². The van der Waals surface area contributed by atoms with Crippen LogP contribution in [0, 0.1) is 5.92 Å². The Labute approximate surface area is 146 Å². The van der Waals surface area contributed by atoms with Gasteiger partial charge in [0, 0.05) is 12.3 Å². The summed E-state index contributed by atoms with van der Waals surface area (Å²) < 4.78 is 5.67. The van der Waals surface area contributed by atoms with Crippen molar-refractivity contribution in [2.75, 3.05) is 11.9 Å². The largest absolute Gasteiger partial charge is 0.478 e. The SMILES string of the molecule is O=C(Cc1ccc(C(=O)O)cc1)Nc1cccc(COCC2CC2)c1. The Hall–Kier alpha value is -2.66. The highest BCUT2D eigenvalue weighted by Gasteiger charge is 2.21. The number of carboxylic acids is 1. The van der Waals surface area contributed by atoms with E-state index in [0.717, 1.165) is 29.3 Å². The summed E-state index contributed by atoms with van der Waals surface area (Å²) in [6.07, 6.45) is 2.73. The first-order chi connectivity index (χ1) is 12.1. The fourth-order valence-electron chi connectivity index (χ4n) is 2.52. The van der Waals surface area contributed by atoms with Crippen LogP contribution in [0.3, 0.4) is 0 Å². The lowest BCUT2D eigenvalue weighted by Crippen LogP contribution is -2.14. The molecule has 1 saturated carbocycles. The van der Waals surface area contributed by atoms with Crippen LogP contribution in [0.15, 0.2) is 48.5 Å². The molecule has 3 rings (SSSR count). The van der Waals surface area contributed by atoms with Crippen molar-refractivity contribution in [1.29, 1.82) is 0 Å². The van der Waals surface area contributed by atoms with Gasteiger partial charge in [-0.15, -0.1) is 0 Å². The van der Waals surface area contributed by atoms with Crippen molar-refractivity contribution in [3.8, 4) is 0 Å². The van der Waals surface area contributed by atoms with Crippen LogP contribution >= 0.6 is 0 Å². The van der Waals surface area contributed by atoms with Crippen LogP contribution in [0.4, 0.5) is 5.69 Å². The number of rotatable bonds is 8. The number of carbonyl (C=O) groups is 2. The maximum absolute atomic E-state index is 12.2. The molecule has 5 nitrogen and oxygen atoms in total. The predicted octanol–water partition coefficient (Wildman–Crippen LogP) is 3.49. The third kappa shape index (κ3) is 5.43. The van der Waals surface area contributed by atoms with E-state index in [0.29, 0.717) is 6.61 Å². The van der Waals surface area contributed by atoms with Gasteiger partial charge in [-0.05, 0) is 54.2 Å². The van der Waals surface area contributed by atoms with E-state index in [-0.39, 0.29) is 17.9 Å². The zero-order chi connectivity index (χ0) is 17.6. The second kappa shape index (κ2) is 7.94. The van der Waals surface area contributed by atoms with Gasteiger partial charge in [-0.2, -0.15) is 0 Å². The highest BCUT2D eigenvalue weighted by Crippen LogP contribution is 2.29. The normalized spacial score (nSPS) is 13.4. The molecule has 0 spiro atoms. The van der Waals surface area contributed by atoms with E-state index >= 15 is 0 Å². The van der Waals surface area contributed by atoms with Gasteiger partial charge in [0.25, 0.3) is 0 Å². The van der Waals surface area contributed by atoms with Crippen LogP contribution in [0.5, 0.6) is 0 Å². The number of carbonyl (C=O) groups excluding carboxylic acids is 1. The highest BCUT2D eigenvalue weighted by molar-refractivity contribution is 5.92. The monoisotopic (exact) mass is 339 g/mol. The highest BCUT2D eigenvalue weighted by atomic mass is 16.5. The summed E-state index contributed by atoms with van der Waals surface area (Å²) in [5, 5.41) is 11.8. The zero-order valence-corrected chi connectivity index (χ0v) is 13.9. The van der Waals surface area contributed by atoms with Crippen LogP contribution in [-0.2, 0) is 22.6 Å². The van der Waals surface area contributed by atoms with Gasteiger partial charge >= 0.3 is 5.97 Å². The molecule has 0 bridgehead atoms. The lowest BCUT2D eigenvalue weighted by Gasteiger charge is -2.08. The van der Waals surface area contributed by atoms with Crippen LogP contribution in [-0.4, -0.2) is 23.6 Å². The molecule has 0 aromatic heterocycles. The second-order valence-corrected chi connectivity index (χ2v) is 6.39. The summed E-state index contributed by atoms with van der Waals surface area (Å²) in [5.74, 6) is -0.383. The maximum Gasteiger partial charge on any atom is 0.335 e. The molecule has 2 N–H and O–H groups in total. The molecule has 0 atom stereocenters. The molecule has 25 heavy (non-hydrogen) atoms. The van der Waals surface area contributed by atoms with Crippen molar-refractivity contribution >= 4 is 17.6 Å². The van der Waals surface area contributed by atoms with E-state index in [9.17, 15) is 9.59 Å². The van der Waals surface area contributed by atoms with Crippen molar-refractivity contribution in [1.82, 2.24) is 0 Å². The molecule has 0 heterocycles. The average molecular weight is 339 g/mol. The molecule has 1 fully saturated rings. The first-order valence-electron chi connectivity index (χ1n) is 8.39. The van der Waals surface area contributed by atoms with E-state index in [4.69, 9.17) is 9.84 Å². The maximum atomic E-state index is 12.2. The van der Waals surface area contributed by atoms with Gasteiger partial charge in [0.2, 0.25) is 5.91 Å². The Morgan fingerprint density at radius 1 is 1.08 bits per heavy atom. The molecule has 0 radical (unpaired) electrons. The van der Waals surface area contributed by atoms with E-state index in [1.165, 1.54) is 25.0 Å². The summed E-state index contributed by atoms with van der Waals surface area (Å²) in [6.45, 7) is 1.36. The summed E-state index contributed by atoms with van der Waals surface area (Å²) in [6, 6.07) is 14.0. The smallest absolute Gasteiger partial charge is 0.335 e. The minimum Gasteiger partial charge on any atom is -0.478 e. The molecular formula is C20H21NO4. The Morgan fingerprint density at radius 3 is 2.52 bits per heavy atom. The molecule has 5 heteroatoms. The number of nitrogens with one attached hydrogen (secondary N) is 1. The van der Waals surface area contributed by atoms with Gasteiger partial charge in [-0.25, -0.2) is 4.79 Å². The summed E-state index contributed by atoms with van der Waals surface area (Å²) in [5.41, 5.74) is 2.75. The molecule has 2 aromatic rings. The zero-order valence-electron chi connectivity index (χ0n) is 13.9. The molecule has 0 unspecified atom stereocenters. The molecule has 0 aliphatic heterocycles. The van der Waals surface area contributed by atoms with Crippen LogP contribution in [0.25, 0.3) is 0 Å². The minimum atomic E-state index is -0.975. The average Bonchev–Trinajstić information content (AvgIpc) is 3.40. The van der Waals surface area contributed by atoms with Crippen LogP contribution < -0.4 is 5.32 Å². The molecule has 1 aliphatic carbocycles. The van der Waals surface area contributed by atoms with Gasteiger partial charge in [0.05, 0.1) is 18.6 Å². The minimum absolute atomic E-state index is 0.140. The second-order valence-electron chi connectivity index (χ2n) is 6.39. The number of hydrogen-bond acceptors (Lipinski definition) is 3. The number of ether oxygens (including phenoxy) is 1. The standard InChI is InChI=1S/C20H21NO4/c22-19(11-14-6-8-17(9-7-14)20(23)24)21-18-3-1-2-16(10-18)13-25-12-15-4-5-15/h1-3,6-10,15H,4-5,11-13H2,(H,21,22)(H,23,24). The molecule has 2 aromatic carbocycles. The Bertz CT molecular complexity index is 751. The van der Waals surface area contributed by atoms with E-state index in [1.807, 2.05) is 24.3 Å². The summed E-state index contributed by atoms with van der Waals surface area (Å²) in [4.78, 5) is 23.0. The van der Waals surface area contributed by atoms with Crippen molar-refractivity contribution in [3.63, 3.8) is 0 Å². The van der Waals surface area contributed by atoms with Gasteiger partial charge in [0.1, 0.15) is 0 Å². The Kier molecular flexibility index (Phi) is 5.46. The third-order valence-electron chi connectivity index (χ3n) is 4.10. The quantitative estimate of drug-likeness (QED) is 0.772.